The van der Waals surface area contributed by atoms with Crippen LogP contribution in [0.2, 0.25) is 0 Å². The Labute approximate surface area is 244 Å². The van der Waals surface area contributed by atoms with Crippen LogP contribution < -0.4 is 27.4 Å². The molecule has 226 valence electrons. The highest BCUT2D eigenvalue weighted by Gasteiger charge is 2.32. The molecule has 12 nitrogen and oxygen atoms in total. The van der Waals surface area contributed by atoms with Gasteiger partial charge in [-0.05, 0) is 43.5 Å². The summed E-state index contributed by atoms with van der Waals surface area (Å²) in [7, 11) is 0. The Hall–Kier alpha value is -4.26. The number of hydrogen-bond donors (Lipinski definition) is 8. The van der Waals surface area contributed by atoms with Crippen LogP contribution in [0.15, 0.2) is 60.8 Å². The fraction of sp³-hybridized carbons (Fsp3) is 0.400. The third-order valence-corrected chi connectivity index (χ3v) is 7.00. The number of unbranched alkanes of at least 4 members (excludes halogenated alkanes) is 1. The van der Waals surface area contributed by atoms with Crippen LogP contribution in [-0.4, -0.2) is 75.7 Å². The van der Waals surface area contributed by atoms with Crippen molar-refractivity contribution < 1.29 is 29.4 Å². The molecule has 0 fully saturated rings. The van der Waals surface area contributed by atoms with Gasteiger partial charge >= 0.3 is 5.97 Å². The molecule has 0 spiro atoms. The number of aliphatic hydroxyl groups excluding tert-OH is 1. The number of carboxylic acid groups (broad SMARTS) is 1. The minimum atomic E-state index is -1.59. The number of fused-ring (bicyclic) bond motifs is 1. The van der Waals surface area contributed by atoms with Gasteiger partial charge in [0.15, 0.2) is 6.04 Å². The van der Waals surface area contributed by atoms with Gasteiger partial charge in [0.2, 0.25) is 17.7 Å². The van der Waals surface area contributed by atoms with E-state index in [-0.39, 0.29) is 12.8 Å². The van der Waals surface area contributed by atoms with E-state index in [2.05, 4.69) is 20.9 Å². The zero-order chi connectivity index (χ0) is 30.6. The van der Waals surface area contributed by atoms with Crippen LogP contribution in [0, 0.1) is 0 Å². The first-order valence-corrected chi connectivity index (χ1v) is 14.0. The van der Waals surface area contributed by atoms with E-state index in [0.29, 0.717) is 31.4 Å². The molecule has 10 N–H and O–H groups in total. The van der Waals surface area contributed by atoms with Crippen molar-refractivity contribution >= 4 is 34.6 Å². The van der Waals surface area contributed by atoms with E-state index in [0.717, 1.165) is 16.5 Å². The number of aromatic amines is 1. The van der Waals surface area contributed by atoms with E-state index in [1.54, 1.807) is 18.3 Å². The molecule has 0 aliphatic carbocycles. The van der Waals surface area contributed by atoms with Gasteiger partial charge in [-0.3, -0.25) is 14.4 Å². The third kappa shape index (κ3) is 9.13. The number of aromatic nitrogens is 1. The molecule has 3 aromatic rings. The van der Waals surface area contributed by atoms with Crippen LogP contribution in [0.25, 0.3) is 10.9 Å². The van der Waals surface area contributed by atoms with E-state index in [9.17, 15) is 29.4 Å². The van der Waals surface area contributed by atoms with E-state index >= 15 is 0 Å². The fourth-order valence-electron chi connectivity index (χ4n) is 4.62. The average Bonchev–Trinajstić information content (AvgIpc) is 3.37. The lowest BCUT2D eigenvalue weighted by Gasteiger charge is -2.26. The fourth-order valence-corrected chi connectivity index (χ4v) is 4.62. The van der Waals surface area contributed by atoms with E-state index in [4.69, 9.17) is 11.5 Å². The highest BCUT2D eigenvalue weighted by molar-refractivity contribution is 5.95. The quantitative estimate of drug-likeness (QED) is 0.110. The van der Waals surface area contributed by atoms with Crippen LogP contribution in [0.1, 0.15) is 37.3 Å². The molecule has 0 saturated carbocycles. The molecule has 0 aliphatic heterocycles. The monoisotopic (exact) mass is 580 g/mol. The Kier molecular flexibility index (Phi) is 12.0. The van der Waals surface area contributed by atoms with Crippen LogP contribution in [0.3, 0.4) is 0 Å². The first kappa shape index (κ1) is 32.3. The summed E-state index contributed by atoms with van der Waals surface area (Å²) in [6, 6.07) is 11.7. The molecule has 1 heterocycles. The first-order valence-electron chi connectivity index (χ1n) is 14.0. The number of carbonyl (C=O) groups is 4. The van der Waals surface area contributed by atoms with Gasteiger partial charge in [-0.15, -0.1) is 0 Å². The lowest BCUT2D eigenvalue weighted by molar-refractivity contribution is -0.145. The normalized spacial score (nSPS) is 14.8. The predicted octanol–water partition coefficient (Wildman–Crippen LogP) is 0.329. The summed E-state index contributed by atoms with van der Waals surface area (Å²) in [5.41, 5.74) is 13.9. The highest BCUT2D eigenvalue weighted by Crippen LogP contribution is 2.19. The summed E-state index contributed by atoms with van der Waals surface area (Å²) in [6.07, 6.45) is 2.22. The van der Waals surface area contributed by atoms with E-state index in [1.807, 2.05) is 42.5 Å². The minimum absolute atomic E-state index is 0.0122. The molecule has 0 saturated heterocycles. The molecule has 0 bridgehead atoms. The lowest BCUT2D eigenvalue weighted by Crippen LogP contribution is -2.59. The van der Waals surface area contributed by atoms with Crippen molar-refractivity contribution in [3.8, 4) is 0 Å². The molecule has 0 radical (unpaired) electrons. The number of nitrogens with two attached hydrogens (primary N) is 2. The van der Waals surface area contributed by atoms with Crippen molar-refractivity contribution in [1.82, 2.24) is 20.9 Å². The van der Waals surface area contributed by atoms with Gasteiger partial charge in [0, 0.05) is 29.9 Å². The molecular formula is C30H40N6O6. The Balaban J connectivity index is 1.87. The van der Waals surface area contributed by atoms with Gasteiger partial charge in [0.25, 0.3) is 0 Å². The van der Waals surface area contributed by atoms with E-state index < -0.39 is 54.0 Å². The van der Waals surface area contributed by atoms with Crippen molar-refractivity contribution in [3.63, 3.8) is 0 Å². The largest absolute Gasteiger partial charge is 0.480 e. The third-order valence-electron chi connectivity index (χ3n) is 7.00. The molecule has 42 heavy (non-hydrogen) atoms. The van der Waals surface area contributed by atoms with Crippen LogP contribution in [0.5, 0.6) is 0 Å². The highest BCUT2D eigenvalue weighted by atomic mass is 16.4. The van der Waals surface area contributed by atoms with Crippen molar-refractivity contribution in [2.45, 2.75) is 69.3 Å². The standard InChI is InChI=1S/C30H40N6O6/c1-18(37)26(30(41)42)36-29(40)25(16-20-17-33-23-13-6-5-11-21(20)23)35-28(39)24(15-19-9-3-2-4-10-19)34-27(38)22(32)12-7-8-14-31/h2-6,9-11,13,17-18,22,24-26,33,37H,7-8,12,14-16,31-32H2,1H3,(H,34,38)(H,35,39)(H,36,40)(H,41,42). The smallest absolute Gasteiger partial charge is 0.328 e. The van der Waals surface area contributed by atoms with Gasteiger partial charge in [-0.1, -0.05) is 55.0 Å². The number of aliphatic hydroxyl groups is 1. The molecular weight excluding hydrogens is 540 g/mol. The average molecular weight is 581 g/mol. The SMILES string of the molecule is CC(O)C(NC(=O)C(Cc1c[nH]c2ccccc12)NC(=O)C(Cc1ccccc1)NC(=O)C(N)CCCCN)C(=O)O. The summed E-state index contributed by atoms with van der Waals surface area (Å²) in [6.45, 7) is 1.72. The number of rotatable bonds is 16. The zero-order valence-electron chi connectivity index (χ0n) is 23.6. The van der Waals surface area contributed by atoms with Gasteiger partial charge in [0.05, 0.1) is 12.1 Å². The van der Waals surface area contributed by atoms with Gasteiger partial charge in [-0.25, -0.2) is 4.79 Å². The molecule has 1 aromatic heterocycles. The minimum Gasteiger partial charge on any atom is -0.480 e. The van der Waals surface area contributed by atoms with E-state index in [1.165, 1.54) is 6.92 Å². The Morgan fingerprint density at radius 2 is 1.48 bits per heavy atom. The molecule has 12 heteroatoms. The summed E-state index contributed by atoms with van der Waals surface area (Å²) < 4.78 is 0. The second-order valence-corrected chi connectivity index (χ2v) is 10.3. The van der Waals surface area contributed by atoms with Gasteiger partial charge in [0.1, 0.15) is 12.1 Å². The first-order chi connectivity index (χ1) is 20.1. The summed E-state index contributed by atoms with van der Waals surface area (Å²) in [5, 5.41) is 28.0. The van der Waals surface area contributed by atoms with Crippen molar-refractivity contribution in [3.05, 3.63) is 71.9 Å². The van der Waals surface area contributed by atoms with Crippen LogP contribution >= 0.6 is 0 Å². The molecule has 3 amide bonds. The number of amides is 3. The maximum absolute atomic E-state index is 13.7. The number of para-hydroxylation sites is 1. The number of aliphatic carboxylic acids is 1. The second-order valence-electron chi connectivity index (χ2n) is 10.3. The Bertz CT molecular complexity index is 1340. The maximum Gasteiger partial charge on any atom is 0.328 e. The number of nitrogens with one attached hydrogen (secondary N) is 4. The number of carboxylic acids is 1. The van der Waals surface area contributed by atoms with Crippen LogP contribution in [0.4, 0.5) is 0 Å². The lowest BCUT2D eigenvalue weighted by atomic mass is 10.0. The van der Waals surface area contributed by atoms with Gasteiger partial charge in [-0.2, -0.15) is 0 Å². The Morgan fingerprint density at radius 1 is 0.857 bits per heavy atom. The van der Waals surface area contributed by atoms with Crippen molar-refractivity contribution in [2.75, 3.05) is 6.54 Å². The molecule has 2 aromatic carbocycles. The predicted molar refractivity (Wildman–Crippen MR) is 158 cm³/mol. The number of H-pyrrole nitrogens is 1. The van der Waals surface area contributed by atoms with Gasteiger partial charge < -0.3 is 42.6 Å². The topological polar surface area (TPSA) is 213 Å². The summed E-state index contributed by atoms with van der Waals surface area (Å²) in [5.74, 6) is -3.38. The summed E-state index contributed by atoms with van der Waals surface area (Å²) in [4.78, 5) is 54.8. The van der Waals surface area contributed by atoms with Crippen molar-refractivity contribution in [1.29, 1.82) is 0 Å². The molecule has 0 aliphatic rings. The summed E-state index contributed by atoms with van der Waals surface area (Å²) >= 11 is 0. The van der Waals surface area contributed by atoms with Crippen molar-refractivity contribution in [2.24, 2.45) is 11.5 Å². The molecule has 5 atom stereocenters. The zero-order valence-corrected chi connectivity index (χ0v) is 23.6. The number of benzene rings is 2. The second kappa shape index (κ2) is 15.7. The van der Waals surface area contributed by atoms with Crippen LogP contribution in [-0.2, 0) is 32.0 Å². The number of hydrogen-bond acceptors (Lipinski definition) is 7. The Morgan fingerprint density at radius 3 is 2.14 bits per heavy atom. The molecule has 3 rings (SSSR count). The maximum atomic E-state index is 13.7. The molecule has 5 unspecified atom stereocenters. The number of carbonyl (C=O) groups excluding carboxylic acids is 3.